The molecule has 113 valence electrons. The first-order chi connectivity index (χ1) is 10.6. The second-order valence-corrected chi connectivity index (χ2v) is 5.82. The molecule has 22 heavy (non-hydrogen) atoms. The number of carbonyl (C=O) groups excluding carboxylic acids is 1. The SMILES string of the molecule is CN1CC(C(=O)[C]2[CH][CH][CH][CH]2)C(c2ccc([N+](=O)[O-])cc2)C1. The van der Waals surface area contributed by atoms with Crippen LogP contribution < -0.4 is 0 Å². The zero-order chi connectivity index (χ0) is 15.7. The summed E-state index contributed by atoms with van der Waals surface area (Å²) in [7, 11) is 2.00. The van der Waals surface area contributed by atoms with Gasteiger partial charge in [0.05, 0.1) is 4.92 Å². The molecule has 2 aliphatic rings. The molecule has 1 aromatic carbocycles. The van der Waals surface area contributed by atoms with Gasteiger partial charge in [-0.15, -0.1) is 0 Å². The van der Waals surface area contributed by atoms with E-state index in [4.69, 9.17) is 0 Å². The lowest BCUT2D eigenvalue weighted by atomic mass is 9.81. The Labute approximate surface area is 130 Å². The largest absolute Gasteiger partial charge is 0.305 e. The first kappa shape index (κ1) is 15.2. The summed E-state index contributed by atoms with van der Waals surface area (Å²) in [5, 5.41) is 10.8. The fraction of sp³-hybridized carbons (Fsp3) is 0.294. The molecule has 1 heterocycles. The molecule has 5 nitrogen and oxygen atoms in total. The Morgan fingerprint density at radius 2 is 1.82 bits per heavy atom. The van der Waals surface area contributed by atoms with E-state index < -0.39 is 4.92 Å². The quantitative estimate of drug-likeness (QED) is 0.631. The fourth-order valence-electron chi connectivity index (χ4n) is 3.20. The number of non-ortho nitro benzene ring substituents is 1. The van der Waals surface area contributed by atoms with Crippen molar-refractivity contribution in [3.63, 3.8) is 0 Å². The number of likely N-dealkylation sites (N-methyl/N-ethyl adjacent to an activating group) is 1. The van der Waals surface area contributed by atoms with Crippen molar-refractivity contribution in [2.45, 2.75) is 5.92 Å². The number of ketones is 1. The first-order valence-electron chi connectivity index (χ1n) is 7.25. The van der Waals surface area contributed by atoms with Crippen LogP contribution in [0.4, 0.5) is 5.69 Å². The lowest BCUT2D eigenvalue weighted by molar-refractivity contribution is -0.384. The van der Waals surface area contributed by atoms with E-state index in [1.54, 1.807) is 12.1 Å². The molecule has 5 radical (unpaired) electrons. The maximum Gasteiger partial charge on any atom is 0.269 e. The zero-order valence-corrected chi connectivity index (χ0v) is 12.3. The highest BCUT2D eigenvalue weighted by Gasteiger charge is 2.40. The summed E-state index contributed by atoms with van der Waals surface area (Å²) in [6.07, 6.45) is 7.42. The van der Waals surface area contributed by atoms with Crippen molar-refractivity contribution < 1.29 is 9.72 Å². The van der Waals surface area contributed by atoms with Crippen LogP contribution in [0.2, 0.25) is 0 Å². The van der Waals surface area contributed by atoms with Crippen LogP contribution in [0, 0.1) is 47.6 Å². The molecule has 0 bridgehead atoms. The van der Waals surface area contributed by atoms with Gasteiger partial charge < -0.3 is 4.90 Å². The minimum atomic E-state index is -0.406. The van der Waals surface area contributed by atoms with Gasteiger partial charge in [0, 0.05) is 43.0 Å². The van der Waals surface area contributed by atoms with Crippen molar-refractivity contribution in [2.75, 3.05) is 20.1 Å². The molecule has 1 aliphatic heterocycles. The highest BCUT2D eigenvalue weighted by atomic mass is 16.6. The molecular weight excluding hydrogens is 280 g/mol. The molecule has 0 N–H and O–H groups in total. The molecule has 0 amide bonds. The summed E-state index contributed by atoms with van der Waals surface area (Å²) in [4.78, 5) is 25.2. The van der Waals surface area contributed by atoms with Crippen LogP contribution in [-0.4, -0.2) is 35.7 Å². The molecule has 3 rings (SSSR count). The molecule has 2 atom stereocenters. The van der Waals surface area contributed by atoms with Gasteiger partial charge in [-0.05, 0) is 38.3 Å². The van der Waals surface area contributed by atoms with Crippen molar-refractivity contribution in [3.05, 3.63) is 71.5 Å². The summed E-state index contributed by atoms with van der Waals surface area (Å²) >= 11 is 0. The van der Waals surface area contributed by atoms with Crippen molar-refractivity contribution in [1.29, 1.82) is 0 Å². The van der Waals surface area contributed by atoms with Crippen molar-refractivity contribution >= 4 is 11.5 Å². The topological polar surface area (TPSA) is 63.5 Å². The van der Waals surface area contributed by atoms with Gasteiger partial charge in [-0.1, -0.05) is 12.1 Å². The Morgan fingerprint density at radius 1 is 1.18 bits per heavy atom. The van der Waals surface area contributed by atoms with Crippen molar-refractivity contribution in [2.24, 2.45) is 5.92 Å². The third-order valence-electron chi connectivity index (χ3n) is 4.32. The van der Waals surface area contributed by atoms with Gasteiger partial charge in [0.1, 0.15) is 5.78 Å². The van der Waals surface area contributed by atoms with Gasteiger partial charge in [-0.2, -0.15) is 0 Å². The zero-order valence-electron chi connectivity index (χ0n) is 12.3. The van der Waals surface area contributed by atoms with E-state index in [0.717, 1.165) is 18.0 Å². The number of carbonyl (C=O) groups is 1. The molecular formula is C17H17N2O3. The summed E-state index contributed by atoms with van der Waals surface area (Å²) in [5.41, 5.74) is 1.06. The van der Waals surface area contributed by atoms with Gasteiger partial charge >= 0.3 is 0 Å². The smallest absolute Gasteiger partial charge is 0.269 e. The van der Waals surface area contributed by atoms with E-state index in [1.165, 1.54) is 12.1 Å². The molecule has 2 fully saturated rings. The van der Waals surface area contributed by atoms with Crippen LogP contribution in [0.5, 0.6) is 0 Å². The highest BCUT2D eigenvalue weighted by molar-refractivity contribution is 6.00. The van der Waals surface area contributed by atoms with Crippen LogP contribution in [0.25, 0.3) is 0 Å². The molecule has 2 unspecified atom stereocenters. The van der Waals surface area contributed by atoms with Crippen molar-refractivity contribution in [1.82, 2.24) is 4.90 Å². The number of nitrogens with zero attached hydrogens (tertiary/aromatic N) is 2. The number of benzene rings is 1. The number of Topliss-reactive ketones (excluding diaryl/α,β-unsaturated/α-hetero) is 1. The molecule has 1 saturated carbocycles. The summed E-state index contributed by atoms with van der Waals surface area (Å²) in [5.74, 6) is 0.868. The molecule has 1 aromatic rings. The lowest BCUT2D eigenvalue weighted by Crippen LogP contribution is -2.26. The number of likely N-dealkylation sites (tertiary alicyclic amines) is 1. The van der Waals surface area contributed by atoms with Gasteiger partial charge in [0.25, 0.3) is 5.69 Å². The Bertz CT molecular complexity index is 564. The van der Waals surface area contributed by atoms with Crippen LogP contribution in [0.15, 0.2) is 24.3 Å². The van der Waals surface area contributed by atoms with E-state index in [9.17, 15) is 14.9 Å². The van der Waals surface area contributed by atoms with Crippen LogP contribution in [-0.2, 0) is 4.79 Å². The summed E-state index contributed by atoms with van der Waals surface area (Å²) < 4.78 is 0. The Balaban J connectivity index is 1.80. The maximum atomic E-state index is 12.7. The van der Waals surface area contributed by atoms with E-state index >= 15 is 0 Å². The minimum Gasteiger partial charge on any atom is -0.305 e. The van der Waals surface area contributed by atoms with Crippen LogP contribution >= 0.6 is 0 Å². The molecule has 1 aliphatic carbocycles. The molecule has 1 saturated heterocycles. The van der Waals surface area contributed by atoms with Gasteiger partial charge in [0.15, 0.2) is 0 Å². The predicted molar refractivity (Wildman–Crippen MR) is 82.3 cm³/mol. The average molecular weight is 297 g/mol. The Kier molecular flexibility index (Phi) is 4.25. The number of hydrogen-bond acceptors (Lipinski definition) is 4. The van der Waals surface area contributed by atoms with E-state index in [-0.39, 0.29) is 23.3 Å². The normalized spacial score (nSPS) is 26.4. The van der Waals surface area contributed by atoms with Crippen molar-refractivity contribution in [3.8, 4) is 0 Å². The van der Waals surface area contributed by atoms with Gasteiger partial charge in [-0.3, -0.25) is 14.9 Å². The molecule has 0 spiro atoms. The minimum absolute atomic E-state index is 0.0770. The maximum absolute atomic E-state index is 12.7. The van der Waals surface area contributed by atoms with Gasteiger partial charge in [0.2, 0.25) is 0 Å². The monoisotopic (exact) mass is 297 g/mol. The summed E-state index contributed by atoms with van der Waals surface area (Å²) in [6.45, 7) is 1.50. The first-order valence-corrected chi connectivity index (χ1v) is 7.25. The lowest BCUT2D eigenvalue weighted by Gasteiger charge is -2.20. The number of hydrogen-bond donors (Lipinski definition) is 0. The second-order valence-electron chi connectivity index (χ2n) is 5.82. The Hall–Kier alpha value is -1.75. The Morgan fingerprint density at radius 3 is 2.41 bits per heavy atom. The average Bonchev–Trinajstić information content (AvgIpc) is 3.16. The van der Waals surface area contributed by atoms with Gasteiger partial charge in [-0.25, -0.2) is 0 Å². The molecule has 5 heteroatoms. The standard InChI is InChI=1S/C17H17N2O3/c1-18-10-15(12-6-8-14(9-7-12)19(21)22)16(11-18)17(20)13-4-2-3-5-13/h2-9,15-16H,10-11H2,1H3. The van der Waals surface area contributed by atoms with Crippen LogP contribution in [0.3, 0.4) is 0 Å². The predicted octanol–water partition coefficient (Wildman–Crippen LogP) is 2.21. The number of nitro benzene ring substituents is 1. The summed E-state index contributed by atoms with van der Waals surface area (Å²) in [6, 6.07) is 6.57. The third-order valence-corrected chi connectivity index (χ3v) is 4.32. The van der Waals surface area contributed by atoms with E-state index in [2.05, 4.69) is 4.90 Å². The van der Waals surface area contributed by atoms with Crippen LogP contribution in [0.1, 0.15) is 11.5 Å². The molecule has 0 aromatic heterocycles. The fourth-order valence-corrected chi connectivity index (χ4v) is 3.20. The second kappa shape index (κ2) is 6.16. The third kappa shape index (κ3) is 2.90. The number of rotatable bonds is 4. The highest BCUT2D eigenvalue weighted by Crippen LogP contribution is 2.37. The number of nitro groups is 1. The van der Waals surface area contributed by atoms with E-state index in [1.807, 2.05) is 32.7 Å². The van der Waals surface area contributed by atoms with E-state index in [0.29, 0.717) is 6.54 Å².